The first-order chi connectivity index (χ1) is 19.3. The van der Waals surface area contributed by atoms with Crippen LogP contribution in [0.1, 0.15) is 44.7 Å². The number of benzene rings is 2. The van der Waals surface area contributed by atoms with Crippen molar-refractivity contribution < 1.29 is 23.3 Å². The van der Waals surface area contributed by atoms with Crippen molar-refractivity contribution >= 4 is 38.2 Å². The van der Waals surface area contributed by atoms with Gasteiger partial charge in [-0.3, -0.25) is 0 Å². The van der Waals surface area contributed by atoms with Crippen molar-refractivity contribution in [3.8, 4) is 11.1 Å². The number of hydrogen-bond acceptors (Lipinski definition) is 8. The first-order valence-electron chi connectivity index (χ1n) is 13.5. The topological polar surface area (TPSA) is 61.6 Å². The zero-order valence-electron chi connectivity index (χ0n) is 24.2. The minimum atomic E-state index is -1.47. The summed E-state index contributed by atoms with van der Waals surface area (Å²) in [4.78, 5) is 16.5. The van der Waals surface area contributed by atoms with Crippen LogP contribution < -0.4 is 0 Å². The Morgan fingerprint density at radius 3 is 2.02 bits per heavy atom. The molecule has 0 fully saturated rings. The van der Waals surface area contributed by atoms with Crippen LogP contribution in [0.5, 0.6) is 0 Å². The largest absolute Gasteiger partial charge is 0.508 e. The van der Waals surface area contributed by atoms with E-state index in [1.165, 1.54) is 11.1 Å². The molecular formula is C30H41N2O5PS2. The summed E-state index contributed by atoms with van der Waals surface area (Å²) in [6.45, 7) is 16.3. The van der Waals surface area contributed by atoms with Gasteiger partial charge in [0, 0.05) is 29.5 Å². The molecule has 218 valence electrons. The van der Waals surface area contributed by atoms with Gasteiger partial charge in [0.1, 0.15) is 25.4 Å². The lowest BCUT2D eigenvalue weighted by Gasteiger charge is -2.38. The summed E-state index contributed by atoms with van der Waals surface area (Å²) in [5.74, 6) is 1.15. The normalized spacial score (nSPS) is 15.0. The molecule has 2 aromatic rings. The maximum Gasteiger partial charge on any atom is 0.508 e. The fraction of sp³-hybridized carbons (Fsp3) is 0.533. The van der Waals surface area contributed by atoms with E-state index in [2.05, 4.69) is 61.5 Å². The van der Waals surface area contributed by atoms with E-state index in [1.54, 1.807) is 23.5 Å². The summed E-state index contributed by atoms with van der Waals surface area (Å²) in [6, 6.07) is 16.9. The molecule has 0 heterocycles. The van der Waals surface area contributed by atoms with Crippen LogP contribution in [0, 0.1) is 6.57 Å². The molecule has 3 rings (SSSR count). The summed E-state index contributed by atoms with van der Waals surface area (Å²) in [5, 5.41) is 0. The highest BCUT2D eigenvalue weighted by Gasteiger charge is 2.35. The van der Waals surface area contributed by atoms with E-state index in [0.29, 0.717) is 11.5 Å². The molecule has 40 heavy (non-hydrogen) atoms. The van der Waals surface area contributed by atoms with Crippen LogP contribution in [0.3, 0.4) is 0 Å². The summed E-state index contributed by atoms with van der Waals surface area (Å²) in [6.07, 6.45) is 2.37. The molecule has 3 unspecified atom stereocenters. The Labute approximate surface area is 249 Å². The Hall–Kier alpha value is -1.79. The summed E-state index contributed by atoms with van der Waals surface area (Å²) in [7, 11) is -1.47. The minimum Gasteiger partial charge on any atom is -0.433 e. The predicted molar refractivity (Wildman–Crippen MR) is 168 cm³/mol. The first kappa shape index (κ1) is 32.7. The van der Waals surface area contributed by atoms with Crippen LogP contribution in [-0.2, 0) is 18.5 Å². The van der Waals surface area contributed by atoms with Gasteiger partial charge in [-0.15, -0.1) is 0 Å². The molecule has 0 saturated carbocycles. The molecule has 0 radical (unpaired) electrons. The van der Waals surface area contributed by atoms with E-state index in [4.69, 9.17) is 25.1 Å². The van der Waals surface area contributed by atoms with E-state index < -0.39 is 26.9 Å². The average molecular weight is 605 g/mol. The van der Waals surface area contributed by atoms with E-state index in [1.807, 2.05) is 36.8 Å². The Balaban J connectivity index is 1.73. The minimum absolute atomic E-state index is 0.0356. The number of fused-ring (bicyclic) bond motifs is 3. The Bertz CT molecular complexity index is 1080. The smallest absolute Gasteiger partial charge is 0.433 e. The van der Waals surface area contributed by atoms with E-state index in [0.717, 1.165) is 11.1 Å². The fourth-order valence-electron chi connectivity index (χ4n) is 4.91. The fourth-order valence-corrected chi connectivity index (χ4v) is 7.97. The predicted octanol–water partition coefficient (Wildman–Crippen LogP) is 7.71. The van der Waals surface area contributed by atoms with Crippen LogP contribution >= 0.6 is 32.0 Å². The Morgan fingerprint density at radius 2 is 1.50 bits per heavy atom. The van der Waals surface area contributed by atoms with Crippen LogP contribution in [-0.4, -0.2) is 78.9 Å². The maximum atomic E-state index is 13.1. The second kappa shape index (κ2) is 16.6. The molecule has 1 aliphatic carbocycles. The van der Waals surface area contributed by atoms with E-state index >= 15 is 0 Å². The third kappa shape index (κ3) is 8.61. The lowest BCUT2D eigenvalue weighted by atomic mass is 9.98. The Kier molecular flexibility index (Phi) is 13.6. The zero-order chi connectivity index (χ0) is 29.1. The number of carbonyl (C=O) groups excluding carboxylic acids is 1. The van der Waals surface area contributed by atoms with Gasteiger partial charge in [0.2, 0.25) is 6.54 Å². The number of hydrogen-bond donors (Lipinski definition) is 0. The molecule has 2 aromatic carbocycles. The highest BCUT2D eigenvalue weighted by molar-refractivity contribution is 7.99. The van der Waals surface area contributed by atoms with Crippen molar-refractivity contribution in [1.29, 1.82) is 0 Å². The number of ether oxygens (including phenoxy) is 2. The van der Waals surface area contributed by atoms with Gasteiger partial charge in [-0.25, -0.2) is 16.0 Å². The highest BCUT2D eigenvalue weighted by Crippen LogP contribution is 2.48. The van der Waals surface area contributed by atoms with Crippen molar-refractivity contribution in [1.82, 2.24) is 4.67 Å². The molecule has 10 heteroatoms. The second-order valence-corrected chi connectivity index (χ2v) is 13.2. The van der Waals surface area contributed by atoms with Crippen molar-refractivity contribution in [2.24, 2.45) is 0 Å². The van der Waals surface area contributed by atoms with E-state index in [9.17, 15) is 4.79 Å². The second-order valence-electron chi connectivity index (χ2n) is 10.0. The van der Waals surface area contributed by atoms with Gasteiger partial charge < -0.3 is 23.4 Å². The molecule has 0 aromatic heterocycles. The van der Waals surface area contributed by atoms with Gasteiger partial charge >= 0.3 is 6.16 Å². The van der Waals surface area contributed by atoms with Crippen LogP contribution in [0.15, 0.2) is 48.5 Å². The summed E-state index contributed by atoms with van der Waals surface area (Å²) >= 11 is 3.22. The molecule has 0 aliphatic heterocycles. The first-order valence-corrected chi connectivity index (χ1v) is 17.4. The van der Waals surface area contributed by atoms with Gasteiger partial charge in [0.25, 0.3) is 8.53 Å². The maximum absolute atomic E-state index is 13.1. The number of rotatable bonds is 16. The molecule has 1 aliphatic rings. The summed E-state index contributed by atoms with van der Waals surface area (Å²) in [5.41, 5.74) is 4.68. The molecule has 0 saturated heterocycles. The lowest BCUT2D eigenvalue weighted by molar-refractivity contribution is -0.0118. The number of thioether (sulfide) groups is 2. The standard InChI is InChI=1S/C30H41N2O5PS2/c1-21(2)32(22(3)4)38(35-17-16-31-5)37-29(20-40-7)28(19-39-6)36-30(33)34-18-27-25-14-10-8-12-23(25)24-13-9-11-15-26(24)27/h8-15,21-22,27-29H,16-20H2,1-4,6-7H3. The quantitative estimate of drug-likeness (QED) is 0.0836. The average Bonchev–Trinajstić information content (AvgIpc) is 3.24. The number of nitrogens with zero attached hydrogens (tertiary/aromatic N) is 2. The molecular weight excluding hydrogens is 563 g/mol. The van der Waals surface area contributed by atoms with Crippen LogP contribution in [0.25, 0.3) is 16.0 Å². The molecule has 0 bridgehead atoms. The molecule has 7 nitrogen and oxygen atoms in total. The lowest BCUT2D eigenvalue weighted by Crippen LogP contribution is -2.40. The van der Waals surface area contributed by atoms with Crippen molar-refractivity contribution in [2.75, 3.05) is 43.8 Å². The summed E-state index contributed by atoms with van der Waals surface area (Å²) < 4.78 is 26.6. The molecule has 0 amide bonds. The Morgan fingerprint density at radius 1 is 0.950 bits per heavy atom. The highest BCUT2D eigenvalue weighted by atomic mass is 32.2. The van der Waals surface area contributed by atoms with Crippen LogP contribution in [0.2, 0.25) is 0 Å². The zero-order valence-corrected chi connectivity index (χ0v) is 26.8. The molecule has 0 spiro atoms. The van der Waals surface area contributed by atoms with Crippen molar-refractivity contribution in [2.45, 2.75) is 57.9 Å². The third-order valence-corrected chi connectivity index (χ3v) is 10.0. The number of carbonyl (C=O) groups is 1. The van der Waals surface area contributed by atoms with Gasteiger partial charge in [-0.2, -0.15) is 23.5 Å². The van der Waals surface area contributed by atoms with Gasteiger partial charge in [-0.1, -0.05) is 48.5 Å². The third-order valence-electron chi connectivity index (χ3n) is 6.53. The molecule has 3 atom stereocenters. The van der Waals surface area contributed by atoms with Gasteiger partial charge in [-0.05, 0) is 62.5 Å². The van der Waals surface area contributed by atoms with Gasteiger partial charge in [0.15, 0.2) is 0 Å². The van der Waals surface area contributed by atoms with E-state index in [-0.39, 0.29) is 37.8 Å². The van der Waals surface area contributed by atoms with Gasteiger partial charge in [0.05, 0.1) is 0 Å². The SMILES string of the molecule is [C-]#[N+]CCOP(OC(CSC)C(CSC)OC(=O)OCC1c2ccccc2-c2ccccc21)N(C(C)C)C(C)C. The van der Waals surface area contributed by atoms with Crippen molar-refractivity contribution in [3.63, 3.8) is 0 Å². The van der Waals surface area contributed by atoms with Crippen LogP contribution in [0.4, 0.5) is 4.79 Å². The van der Waals surface area contributed by atoms with Crippen molar-refractivity contribution in [3.05, 3.63) is 71.1 Å². The monoisotopic (exact) mass is 604 g/mol. The molecule has 0 N–H and O–H groups in total.